The van der Waals surface area contributed by atoms with Crippen molar-refractivity contribution in [1.82, 2.24) is 0 Å². The molecule has 0 bridgehead atoms. The number of ether oxygens (including phenoxy) is 1. The number of carbonyl (C=O) groups excluding carboxylic acids is 1. The molecule has 0 aliphatic carbocycles. The maximum absolute atomic E-state index is 12.9. The number of hydrogen-bond donors (Lipinski definition) is 1. The van der Waals surface area contributed by atoms with E-state index in [0.29, 0.717) is 0 Å². The minimum absolute atomic E-state index is 0.113. The predicted octanol–water partition coefficient (Wildman–Crippen LogP) is 1.24. The first-order valence-corrected chi connectivity index (χ1v) is 4.54. The largest absolute Gasteiger partial charge is 0.478 e. The Labute approximate surface area is 90.0 Å². The van der Waals surface area contributed by atoms with Crippen molar-refractivity contribution in [3.63, 3.8) is 0 Å². The van der Waals surface area contributed by atoms with E-state index in [4.69, 9.17) is 5.11 Å². The highest BCUT2D eigenvalue weighted by Gasteiger charge is 2.36. The molecule has 1 aliphatic rings. The van der Waals surface area contributed by atoms with Crippen molar-refractivity contribution in [3.05, 3.63) is 30.1 Å². The number of hydrogen-bond acceptors (Lipinski definition) is 3. The van der Waals surface area contributed by atoms with Crippen molar-refractivity contribution >= 4 is 17.7 Å². The van der Waals surface area contributed by atoms with Gasteiger partial charge in [-0.2, -0.15) is 0 Å². The van der Waals surface area contributed by atoms with Crippen molar-refractivity contribution in [2.75, 3.05) is 11.4 Å². The Morgan fingerprint density at radius 3 is 2.88 bits per heavy atom. The summed E-state index contributed by atoms with van der Waals surface area (Å²) in [4.78, 5) is 23.0. The number of halogens is 1. The van der Waals surface area contributed by atoms with Gasteiger partial charge in [-0.05, 0) is 18.2 Å². The molecule has 6 heteroatoms. The van der Waals surface area contributed by atoms with Gasteiger partial charge >= 0.3 is 12.1 Å². The van der Waals surface area contributed by atoms with Crippen LogP contribution in [-0.4, -0.2) is 29.8 Å². The summed E-state index contributed by atoms with van der Waals surface area (Å²) in [6, 6.07) is 5.33. The molecule has 16 heavy (non-hydrogen) atoms. The van der Waals surface area contributed by atoms with Crippen LogP contribution in [0.1, 0.15) is 0 Å². The maximum Gasteiger partial charge on any atom is 0.415 e. The number of rotatable bonds is 2. The zero-order valence-electron chi connectivity index (χ0n) is 8.09. The van der Waals surface area contributed by atoms with Crippen LogP contribution in [0.3, 0.4) is 0 Å². The SMILES string of the molecule is O=C(O)[C@@H]1CN(c2cccc(F)c2)C(=O)O1. The van der Waals surface area contributed by atoms with Crippen LogP contribution >= 0.6 is 0 Å². The van der Waals surface area contributed by atoms with Gasteiger partial charge in [-0.15, -0.1) is 0 Å². The summed E-state index contributed by atoms with van der Waals surface area (Å²) in [5.74, 6) is -1.71. The molecule has 0 spiro atoms. The Bertz CT molecular complexity index is 448. The molecule has 2 rings (SSSR count). The van der Waals surface area contributed by atoms with Crippen LogP contribution in [0.5, 0.6) is 0 Å². The van der Waals surface area contributed by atoms with Gasteiger partial charge in [0, 0.05) is 0 Å². The molecular formula is C10H8FNO4. The van der Waals surface area contributed by atoms with Gasteiger partial charge < -0.3 is 9.84 Å². The van der Waals surface area contributed by atoms with E-state index < -0.39 is 24.0 Å². The molecule has 1 atom stereocenters. The third-order valence-electron chi connectivity index (χ3n) is 2.21. The second-order valence-electron chi connectivity index (χ2n) is 3.30. The van der Waals surface area contributed by atoms with E-state index in [9.17, 15) is 14.0 Å². The fraction of sp³-hybridized carbons (Fsp3) is 0.200. The number of carboxylic acid groups (broad SMARTS) is 1. The van der Waals surface area contributed by atoms with Gasteiger partial charge in [0.15, 0.2) is 0 Å². The molecule has 0 aromatic heterocycles. The summed E-state index contributed by atoms with van der Waals surface area (Å²) < 4.78 is 17.5. The summed E-state index contributed by atoms with van der Waals surface area (Å²) in [5.41, 5.74) is 0.286. The van der Waals surface area contributed by atoms with Crippen LogP contribution in [0.2, 0.25) is 0 Å². The van der Waals surface area contributed by atoms with Gasteiger partial charge in [-0.1, -0.05) is 6.07 Å². The van der Waals surface area contributed by atoms with Crippen LogP contribution in [-0.2, 0) is 9.53 Å². The Hall–Kier alpha value is -2.11. The van der Waals surface area contributed by atoms with E-state index >= 15 is 0 Å². The van der Waals surface area contributed by atoms with Gasteiger partial charge in [-0.25, -0.2) is 14.0 Å². The highest BCUT2D eigenvalue weighted by molar-refractivity contribution is 5.93. The monoisotopic (exact) mass is 225 g/mol. The standard InChI is InChI=1S/C10H8FNO4/c11-6-2-1-3-7(4-6)12-5-8(9(13)14)16-10(12)15/h1-4,8H,5H2,(H,13,14)/t8-/m0/s1. The zero-order valence-corrected chi connectivity index (χ0v) is 8.09. The third kappa shape index (κ3) is 1.81. The van der Waals surface area contributed by atoms with E-state index in [1.54, 1.807) is 0 Å². The Balaban J connectivity index is 2.23. The van der Waals surface area contributed by atoms with Crippen molar-refractivity contribution in [3.8, 4) is 0 Å². The lowest BCUT2D eigenvalue weighted by Gasteiger charge is -2.11. The lowest BCUT2D eigenvalue weighted by molar-refractivity contribution is -0.144. The van der Waals surface area contributed by atoms with Gasteiger partial charge in [-0.3, -0.25) is 4.90 Å². The van der Waals surface area contributed by atoms with Crippen molar-refractivity contribution < 1.29 is 23.8 Å². The molecule has 0 saturated carbocycles. The average Bonchev–Trinajstić information content (AvgIpc) is 2.60. The first-order valence-electron chi connectivity index (χ1n) is 4.54. The molecule has 1 amide bonds. The summed E-state index contributed by atoms with van der Waals surface area (Å²) in [5, 5.41) is 8.67. The van der Waals surface area contributed by atoms with Crippen LogP contribution in [0, 0.1) is 5.82 Å². The number of aliphatic carboxylic acids is 1. The molecular weight excluding hydrogens is 217 g/mol. The lowest BCUT2D eigenvalue weighted by Crippen LogP contribution is -2.27. The number of amides is 1. The van der Waals surface area contributed by atoms with Gasteiger partial charge in [0.1, 0.15) is 5.82 Å². The first kappa shape index (κ1) is 10.4. The molecule has 1 N–H and O–H groups in total. The van der Waals surface area contributed by atoms with Crippen LogP contribution in [0.15, 0.2) is 24.3 Å². The summed E-state index contributed by atoms with van der Waals surface area (Å²) in [6.07, 6.45) is -1.98. The number of cyclic esters (lactones) is 1. The van der Waals surface area contributed by atoms with Crippen molar-refractivity contribution in [2.24, 2.45) is 0 Å². The third-order valence-corrected chi connectivity index (χ3v) is 2.21. The minimum atomic E-state index is -1.22. The average molecular weight is 225 g/mol. The first-order chi connectivity index (χ1) is 7.58. The molecule has 1 aromatic carbocycles. The summed E-state index contributed by atoms with van der Waals surface area (Å²) >= 11 is 0. The van der Waals surface area contributed by atoms with E-state index in [-0.39, 0.29) is 12.2 Å². The molecule has 1 saturated heterocycles. The smallest absolute Gasteiger partial charge is 0.415 e. The van der Waals surface area contributed by atoms with E-state index in [0.717, 1.165) is 11.0 Å². The molecule has 1 fully saturated rings. The van der Waals surface area contributed by atoms with Crippen LogP contribution in [0.25, 0.3) is 0 Å². The molecule has 84 valence electrons. The quantitative estimate of drug-likeness (QED) is 0.822. The highest BCUT2D eigenvalue weighted by atomic mass is 19.1. The second kappa shape index (κ2) is 3.80. The van der Waals surface area contributed by atoms with Crippen LogP contribution < -0.4 is 4.90 Å². The highest BCUT2D eigenvalue weighted by Crippen LogP contribution is 2.22. The lowest BCUT2D eigenvalue weighted by atomic mass is 10.2. The predicted molar refractivity (Wildman–Crippen MR) is 51.7 cm³/mol. The Morgan fingerprint density at radius 1 is 1.56 bits per heavy atom. The zero-order chi connectivity index (χ0) is 11.7. The Kier molecular flexibility index (Phi) is 2.47. The number of carbonyl (C=O) groups is 2. The molecule has 0 unspecified atom stereocenters. The van der Waals surface area contributed by atoms with Gasteiger partial charge in [0.2, 0.25) is 6.10 Å². The maximum atomic E-state index is 12.9. The fourth-order valence-electron chi connectivity index (χ4n) is 1.45. The molecule has 1 aromatic rings. The van der Waals surface area contributed by atoms with E-state index in [1.165, 1.54) is 18.2 Å². The molecule has 1 heterocycles. The number of nitrogens with zero attached hydrogens (tertiary/aromatic N) is 1. The van der Waals surface area contributed by atoms with E-state index in [1.807, 2.05) is 0 Å². The number of carboxylic acids is 1. The van der Waals surface area contributed by atoms with Crippen molar-refractivity contribution in [2.45, 2.75) is 6.10 Å². The molecule has 0 radical (unpaired) electrons. The fourth-order valence-corrected chi connectivity index (χ4v) is 1.45. The molecule has 1 aliphatic heterocycles. The van der Waals surface area contributed by atoms with E-state index in [2.05, 4.69) is 4.74 Å². The summed E-state index contributed by atoms with van der Waals surface area (Å²) in [6.45, 7) is -0.113. The van der Waals surface area contributed by atoms with Crippen molar-refractivity contribution in [1.29, 1.82) is 0 Å². The number of benzene rings is 1. The Morgan fingerprint density at radius 2 is 2.31 bits per heavy atom. The minimum Gasteiger partial charge on any atom is -0.478 e. The summed E-state index contributed by atoms with van der Waals surface area (Å²) in [7, 11) is 0. The topological polar surface area (TPSA) is 66.8 Å². The number of anilines is 1. The van der Waals surface area contributed by atoms with Gasteiger partial charge in [0.05, 0.1) is 12.2 Å². The van der Waals surface area contributed by atoms with Crippen LogP contribution in [0.4, 0.5) is 14.9 Å². The second-order valence-corrected chi connectivity index (χ2v) is 3.30. The normalized spacial score (nSPS) is 19.7. The van der Waals surface area contributed by atoms with Gasteiger partial charge in [0.25, 0.3) is 0 Å². The molecule has 5 nitrogen and oxygen atoms in total.